The van der Waals surface area contributed by atoms with Gasteiger partial charge in [-0.3, -0.25) is 4.79 Å². The highest BCUT2D eigenvalue weighted by Crippen LogP contribution is 2.31. The molecule has 0 saturated carbocycles. The van der Waals surface area contributed by atoms with E-state index in [1.54, 1.807) is 31.4 Å². The molecule has 28 heavy (non-hydrogen) atoms. The monoisotopic (exact) mass is 384 g/mol. The Morgan fingerprint density at radius 2 is 1.96 bits per heavy atom. The number of ketones is 1. The number of rotatable bonds is 7. The highest BCUT2D eigenvalue weighted by molar-refractivity contribution is 6.08. The molecule has 0 aliphatic carbocycles. The van der Waals surface area contributed by atoms with E-state index in [9.17, 15) is 9.90 Å². The summed E-state index contributed by atoms with van der Waals surface area (Å²) >= 11 is 0. The highest BCUT2D eigenvalue weighted by Gasteiger charge is 2.17. The maximum Gasteiger partial charge on any atom is 0.200 e. The first-order chi connectivity index (χ1) is 13.6. The molecular weight excluding hydrogens is 360 g/mol. The standard InChI is InChI=1S/C22H24O6/c1-25-16-8-9-17(19(24)14-16)18(23)10-6-15-7-11-20(21(13-15)26-2)28-22-5-3-4-12-27-22/h6-11,13-14,22,24H,3-5,12H2,1-2H3/b10-6+. The second kappa shape index (κ2) is 9.28. The Labute approximate surface area is 164 Å². The lowest BCUT2D eigenvalue weighted by molar-refractivity contribution is -0.106. The fourth-order valence-corrected chi connectivity index (χ4v) is 2.94. The molecule has 1 unspecified atom stereocenters. The topological polar surface area (TPSA) is 74.2 Å². The third-order valence-corrected chi connectivity index (χ3v) is 4.48. The number of phenols is 1. The summed E-state index contributed by atoms with van der Waals surface area (Å²) in [6, 6.07) is 9.98. The van der Waals surface area contributed by atoms with E-state index in [4.69, 9.17) is 18.9 Å². The second-order valence-corrected chi connectivity index (χ2v) is 6.40. The number of phenolic OH excluding ortho intramolecular Hbond substituents is 1. The SMILES string of the molecule is COc1ccc(C(=O)/C=C/c2ccc(OC3CCCCO3)c(OC)c2)c(O)c1. The predicted octanol–water partition coefficient (Wildman–Crippen LogP) is 4.21. The molecule has 3 rings (SSSR count). The number of aromatic hydroxyl groups is 1. The minimum absolute atomic E-state index is 0.122. The Balaban J connectivity index is 1.72. The molecule has 0 radical (unpaired) electrons. The Kier molecular flexibility index (Phi) is 6.55. The first-order valence-electron chi connectivity index (χ1n) is 9.16. The maximum atomic E-state index is 12.4. The molecule has 6 heteroatoms. The van der Waals surface area contributed by atoms with E-state index in [0.29, 0.717) is 23.9 Å². The molecule has 1 aliphatic heterocycles. The van der Waals surface area contributed by atoms with E-state index in [2.05, 4.69) is 0 Å². The van der Waals surface area contributed by atoms with Crippen LogP contribution in [-0.2, 0) is 4.74 Å². The summed E-state index contributed by atoms with van der Waals surface area (Å²) in [5.41, 5.74) is 0.980. The molecule has 148 valence electrons. The van der Waals surface area contributed by atoms with Crippen molar-refractivity contribution in [2.24, 2.45) is 0 Å². The van der Waals surface area contributed by atoms with E-state index in [0.717, 1.165) is 24.8 Å². The van der Waals surface area contributed by atoms with Gasteiger partial charge in [0, 0.05) is 12.5 Å². The number of ether oxygens (including phenoxy) is 4. The van der Waals surface area contributed by atoms with Crippen molar-refractivity contribution in [1.29, 1.82) is 0 Å². The minimum atomic E-state index is -0.310. The molecule has 1 atom stereocenters. The number of hydrogen-bond acceptors (Lipinski definition) is 6. The van der Waals surface area contributed by atoms with Crippen LogP contribution in [0.25, 0.3) is 6.08 Å². The van der Waals surface area contributed by atoms with Crippen LogP contribution in [0.15, 0.2) is 42.5 Å². The molecule has 1 N–H and O–H groups in total. The van der Waals surface area contributed by atoms with Crippen LogP contribution in [-0.4, -0.2) is 38.0 Å². The third-order valence-electron chi connectivity index (χ3n) is 4.48. The van der Waals surface area contributed by atoms with Crippen molar-refractivity contribution < 1.29 is 28.8 Å². The zero-order chi connectivity index (χ0) is 19.9. The Hall–Kier alpha value is -2.99. The molecule has 0 amide bonds. The smallest absolute Gasteiger partial charge is 0.200 e. The molecule has 0 bridgehead atoms. The van der Waals surface area contributed by atoms with E-state index < -0.39 is 0 Å². The van der Waals surface area contributed by atoms with Gasteiger partial charge in [0.1, 0.15) is 11.5 Å². The van der Waals surface area contributed by atoms with Gasteiger partial charge in [-0.05, 0) is 48.7 Å². The van der Waals surface area contributed by atoms with Gasteiger partial charge in [-0.2, -0.15) is 0 Å². The van der Waals surface area contributed by atoms with Gasteiger partial charge in [0.2, 0.25) is 0 Å². The fourth-order valence-electron chi connectivity index (χ4n) is 2.94. The lowest BCUT2D eigenvalue weighted by Crippen LogP contribution is -2.25. The molecule has 2 aromatic carbocycles. The van der Waals surface area contributed by atoms with Crippen LogP contribution in [0.4, 0.5) is 0 Å². The molecule has 1 heterocycles. The highest BCUT2D eigenvalue weighted by atomic mass is 16.7. The Morgan fingerprint density at radius 3 is 2.64 bits per heavy atom. The third kappa shape index (κ3) is 4.84. The minimum Gasteiger partial charge on any atom is -0.507 e. The summed E-state index contributed by atoms with van der Waals surface area (Å²) in [5, 5.41) is 9.98. The van der Waals surface area contributed by atoms with E-state index in [1.165, 1.54) is 25.3 Å². The molecule has 6 nitrogen and oxygen atoms in total. The van der Waals surface area contributed by atoms with Crippen molar-refractivity contribution in [2.75, 3.05) is 20.8 Å². The molecule has 2 aromatic rings. The average Bonchev–Trinajstić information content (AvgIpc) is 2.73. The van der Waals surface area contributed by atoms with Crippen molar-refractivity contribution in [1.82, 2.24) is 0 Å². The summed E-state index contributed by atoms with van der Waals surface area (Å²) in [6.45, 7) is 0.703. The first kappa shape index (κ1) is 19.8. The van der Waals surface area contributed by atoms with Crippen molar-refractivity contribution >= 4 is 11.9 Å². The zero-order valence-electron chi connectivity index (χ0n) is 16.0. The Bertz CT molecular complexity index is 852. The van der Waals surface area contributed by atoms with Gasteiger partial charge in [-0.25, -0.2) is 0 Å². The van der Waals surface area contributed by atoms with Crippen molar-refractivity contribution in [3.63, 3.8) is 0 Å². The van der Waals surface area contributed by atoms with Crippen molar-refractivity contribution in [3.8, 4) is 23.0 Å². The second-order valence-electron chi connectivity index (χ2n) is 6.40. The van der Waals surface area contributed by atoms with Crippen LogP contribution in [0.2, 0.25) is 0 Å². The number of carbonyl (C=O) groups is 1. The summed E-state index contributed by atoms with van der Waals surface area (Å²) in [4.78, 5) is 12.4. The molecule has 1 saturated heterocycles. The van der Waals surface area contributed by atoms with Gasteiger partial charge >= 0.3 is 0 Å². The lowest BCUT2D eigenvalue weighted by Gasteiger charge is -2.24. The van der Waals surface area contributed by atoms with Crippen LogP contribution in [0, 0.1) is 0 Å². The van der Waals surface area contributed by atoms with Crippen LogP contribution < -0.4 is 14.2 Å². The maximum absolute atomic E-state index is 12.4. The van der Waals surface area contributed by atoms with Gasteiger partial charge in [0.25, 0.3) is 0 Å². The molecular formula is C22H24O6. The molecule has 0 aromatic heterocycles. The summed E-state index contributed by atoms with van der Waals surface area (Å²) in [7, 11) is 3.06. The first-order valence-corrected chi connectivity index (χ1v) is 9.16. The number of methoxy groups -OCH3 is 2. The Morgan fingerprint density at radius 1 is 1.11 bits per heavy atom. The average molecular weight is 384 g/mol. The van der Waals surface area contributed by atoms with Crippen LogP contribution in [0.3, 0.4) is 0 Å². The zero-order valence-corrected chi connectivity index (χ0v) is 16.0. The van der Waals surface area contributed by atoms with Gasteiger partial charge in [-0.15, -0.1) is 0 Å². The van der Waals surface area contributed by atoms with Crippen LogP contribution >= 0.6 is 0 Å². The lowest BCUT2D eigenvalue weighted by atomic mass is 10.1. The van der Waals surface area contributed by atoms with E-state index >= 15 is 0 Å². The number of carbonyl (C=O) groups excluding carboxylic acids is 1. The summed E-state index contributed by atoms with van der Waals surface area (Å²) in [6.07, 6.45) is 5.79. The van der Waals surface area contributed by atoms with Gasteiger partial charge in [0.05, 0.1) is 26.4 Å². The fraction of sp³-hybridized carbons (Fsp3) is 0.318. The summed E-state index contributed by atoms with van der Waals surface area (Å²) in [5.74, 6) is 1.22. The number of benzene rings is 2. The number of allylic oxidation sites excluding steroid dienone is 1. The van der Waals surface area contributed by atoms with Gasteiger partial charge in [0.15, 0.2) is 23.6 Å². The van der Waals surface area contributed by atoms with Crippen molar-refractivity contribution in [3.05, 3.63) is 53.6 Å². The normalized spacial score (nSPS) is 16.7. The molecule has 1 aliphatic rings. The summed E-state index contributed by atoms with van der Waals surface area (Å²) < 4.78 is 21.9. The van der Waals surface area contributed by atoms with Gasteiger partial charge in [-0.1, -0.05) is 12.1 Å². The molecule has 0 spiro atoms. The van der Waals surface area contributed by atoms with Crippen LogP contribution in [0.5, 0.6) is 23.0 Å². The van der Waals surface area contributed by atoms with Gasteiger partial charge < -0.3 is 24.1 Å². The predicted molar refractivity (Wildman–Crippen MR) is 105 cm³/mol. The largest absolute Gasteiger partial charge is 0.507 e. The van der Waals surface area contributed by atoms with E-state index in [1.807, 2.05) is 6.07 Å². The van der Waals surface area contributed by atoms with Crippen molar-refractivity contribution in [2.45, 2.75) is 25.6 Å². The van der Waals surface area contributed by atoms with Crippen LogP contribution in [0.1, 0.15) is 35.2 Å². The van der Waals surface area contributed by atoms with E-state index in [-0.39, 0.29) is 23.4 Å². The number of hydrogen-bond donors (Lipinski definition) is 1. The molecule has 1 fully saturated rings. The quantitative estimate of drug-likeness (QED) is 0.569.